The molecule has 0 saturated carbocycles. The minimum absolute atomic E-state index is 0.0357. The summed E-state index contributed by atoms with van der Waals surface area (Å²) >= 11 is 0. The SMILES string of the molecule is CC(C)CC(N)C(=O)Cc1ncnn1C(C)C. The van der Waals surface area contributed by atoms with Gasteiger partial charge in [-0.15, -0.1) is 0 Å². The number of aromatic nitrogens is 3. The van der Waals surface area contributed by atoms with Crippen LogP contribution in [0.4, 0.5) is 0 Å². The van der Waals surface area contributed by atoms with Crippen molar-refractivity contribution in [3.8, 4) is 0 Å². The van der Waals surface area contributed by atoms with Crippen molar-refractivity contribution in [3.63, 3.8) is 0 Å². The van der Waals surface area contributed by atoms with E-state index in [2.05, 4.69) is 23.9 Å². The normalized spacial score (nSPS) is 13.4. The van der Waals surface area contributed by atoms with Crippen LogP contribution in [0.15, 0.2) is 6.33 Å². The van der Waals surface area contributed by atoms with Crippen molar-refractivity contribution in [3.05, 3.63) is 12.2 Å². The number of carbonyl (C=O) groups is 1. The van der Waals surface area contributed by atoms with Crippen molar-refractivity contribution in [2.45, 2.75) is 52.6 Å². The Morgan fingerprint density at radius 1 is 1.41 bits per heavy atom. The molecule has 1 heterocycles. The number of rotatable bonds is 6. The first-order valence-corrected chi connectivity index (χ1v) is 6.08. The first-order valence-electron chi connectivity index (χ1n) is 6.08. The first kappa shape index (κ1) is 13.8. The fourth-order valence-electron chi connectivity index (χ4n) is 1.76. The first-order chi connectivity index (χ1) is 7.91. The van der Waals surface area contributed by atoms with Gasteiger partial charge in [0.15, 0.2) is 5.78 Å². The summed E-state index contributed by atoms with van der Waals surface area (Å²) in [6.07, 6.45) is 2.47. The van der Waals surface area contributed by atoms with Gasteiger partial charge in [0.2, 0.25) is 0 Å². The highest BCUT2D eigenvalue weighted by atomic mass is 16.1. The number of nitrogens with zero attached hydrogens (tertiary/aromatic N) is 3. The van der Waals surface area contributed by atoms with Gasteiger partial charge in [-0.3, -0.25) is 4.79 Å². The van der Waals surface area contributed by atoms with Crippen LogP contribution >= 0.6 is 0 Å². The van der Waals surface area contributed by atoms with Crippen LogP contribution in [-0.4, -0.2) is 26.6 Å². The van der Waals surface area contributed by atoms with Gasteiger partial charge in [-0.2, -0.15) is 5.10 Å². The average Bonchev–Trinajstić information content (AvgIpc) is 2.64. The summed E-state index contributed by atoms with van der Waals surface area (Å²) in [5.41, 5.74) is 5.85. The lowest BCUT2D eigenvalue weighted by molar-refractivity contribution is -0.120. The minimum atomic E-state index is -0.396. The van der Waals surface area contributed by atoms with E-state index in [1.807, 2.05) is 13.8 Å². The van der Waals surface area contributed by atoms with Crippen LogP contribution in [0, 0.1) is 5.92 Å². The number of ketones is 1. The van der Waals surface area contributed by atoms with Crippen molar-refractivity contribution < 1.29 is 4.79 Å². The van der Waals surface area contributed by atoms with Gasteiger partial charge in [-0.1, -0.05) is 13.8 Å². The molecular weight excluding hydrogens is 216 g/mol. The minimum Gasteiger partial charge on any atom is -0.321 e. The summed E-state index contributed by atoms with van der Waals surface area (Å²) in [4.78, 5) is 16.0. The van der Waals surface area contributed by atoms with Crippen LogP contribution in [0.1, 0.15) is 46.0 Å². The summed E-state index contributed by atoms with van der Waals surface area (Å²) < 4.78 is 1.76. The second kappa shape index (κ2) is 5.91. The van der Waals surface area contributed by atoms with Crippen molar-refractivity contribution in [2.75, 3.05) is 0 Å². The van der Waals surface area contributed by atoms with E-state index < -0.39 is 6.04 Å². The molecule has 96 valence electrons. The number of hydrogen-bond donors (Lipinski definition) is 1. The Kier molecular flexibility index (Phi) is 4.81. The van der Waals surface area contributed by atoms with Gasteiger partial charge in [0.1, 0.15) is 12.2 Å². The lowest BCUT2D eigenvalue weighted by Gasteiger charge is -2.14. The van der Waals surface area contributed by atoms with E-state index >= 15 is 0 Å². The summed E-state index contributed by atoms with van der Waals surface area (Å²) in [6, 6.07) is -0.186. The zero-order valence-corrected chi connectivity index (χ0v) is 11.1. The molecule has 0 amide bonds. The van der Waals surface area contributed by atoms with Crippen LogP contribution in [0.25, 0.3) is 0 Å². The molecule has 5 heteroatoms. The van der Waals surface area contributed by atoms with Crippen molar-refractivity contribution >= 4 is 5.78 Å². The van der Waals surface area contributed by atoms with E-state index in [1.165, 1.54) is 6.33 Å². The third-order valence-electron chi connectivity index (χ3n) is 2.61. The molecule has 1 aromatic heterocycles. The molecule has 0 aliphatic rings. The Hall–Kier alpha value is -1.23. The molecule has 0 fully saturated rings. The van der Waals surface area contributed by atoms with Crippen molar-refractivity contribution in [1.82, 2.24) is 14.8 Å². The highest BCUT2D eigenvalue weighted by molar-refractivity contribution is 5.85. The summed E-state index contributed by atoms with van der Waals surface area (Å²) in [7, 11) is 0. The summed E-state index contributed by atoms with van der Waals surface area (Å²) in [5, 5.41) is 4.10. The van der Waals surface area contributed by atoms with Crippen LogP contribution in [0.3, 0.4) is 0 Å². The van der Waals surface area contributed by atoms with Gasteiger partial charge in [0.05, 0.1) is 12.5 Å². The van der Waals surface area contributed by atoms with E-state index in [9.17, 15) is 4.79 Å². The molecule has 1 aromatic rings. The second-order valence-corrected chi connectivity index (χ2v) is 5.09. The molecular formula is C12H22N4O. The highest BCUT2D eigenvalue weighted by Gasteiger charge is 2.18. The third-order valence-corrected chi connectivity index (χ3v) is 2.61. The zero-order valence-electron chi connectivity index (χ0n) is 11.1. The molecule has 0 aromatic carbocycles. The fourth-order valence-corrected chi connectivity index (χ4v) is 1.76. The summed E-state index contributed by atoms with van der Waals surface area (Å²) in [5.74, 6) is 1.16. The van der Waals surface area contributed by atoms with Crippen LogP contribution in [-0.2, 0) is 11.2 Å². The topological polar surface area (TPSA) is 73.8 Å². The Balaban J connectivity index is 2.64. The lowest BCUT2D eigenvalue weighted by atomic mass is 9.99. The molecule has 1 unspecified atom stereocenters. The number of hydrogen-bond acceptors (Lipinski definition) is 4. The molecule has 0 aliphatic carbocycles. The van der Waals surface area contributed by atoms with E-state index in [4.69, 9.17) is 5.73 Å². The van der Waals surface area contributed by atoms with Gasteiger partial charge in [0, 0.05) is 6.04 Å². The van der Waals surface area contributed by atoms with Gasteiger partial charge >= 0.3 is 0 Å². The molecule has 2 N–H and O–H groups in total. The van der Waals surface area contributed by atoms with Crippen LogP contribution in [0.5, 0.6) is 0 Å². The predicted octanol–water partition coefficient (Wildman–Crippen LogP) is 1.34. The van der Waals surface area contributed by atoms with Crippen molar-refractivity contribution in [1.29, 1.82) is 0 Å². The molecule has 17 heavy (non-hydrogen) atoms. The molecule has 0 radical (unpaired) electrons. The van der Waals surface area contributed by atoms with E-state index in [0.717, 1.165) is 0 Å². The number of carbonyl (C=O) groups excluding carboxylic acids is 1. The van der Waals surface area contributed by atoms with E-state index in [0.29, 0.717) is 18.2 Å². The average molecular weight is 238 g/mol. The monoisotopic (exact) mass is 238 g/mol. The largest absolute Gasteiger partial charge is 0.321 e. The van der Waals surface area contributed by atoms with Gasteiger partial charge in [0.25, 0.3) is 0 Å². The zero-order chi connectivity index (χ0) is 13.0. The molecule has 0 saturated heterocycles. The standard InChI is InChI=1S/C12H22N4O/c1-8(2)5-10(13)11(17)6-12-14-7-15-16(12)9(3)4/h7-10H,5-6,13H2,1-4H3. The quantitative estimate of drug-likeness (QED) is 0.811. The van der Waals surface area contributed by atoms with E-state index in [-0.39, 0.29) is 18.2 Å². The Labute approximate surface area is 102 Å². The second-order valence-electron chi connectivity index (χ2n) is 5.09. The highest BCUT2D eigenvalue weighted by Crippen LogP contribution is 2.09. The van der Waals surface area contributed by atoms with Crippen LogP contribution in [0.2, 0.25) is 0 Å². The smallest absolute Gasteiger partial charge is 0.157 e. The molecule has 5 nitrogen and oxygen atoms in total. The predicted molar refractivity (Wildman–Crippen MR) is 66.5 cm³/mol. The van der Waals surface area contributed by atoms with Gasteiger partial charge in [-0.25, -0.2) is 9.67 Å². The molecule has 0 spiro atoms. The van der Waals surface area contributed by atoms with E-state index in [1.54, 1.807) is 4.68 Å². The maximum Gasteiger partial charge on any atom is 0.157 e. The molecule has 1 rings (SSSR count). The maximum atomic E-state index is 11.9. The molecule has 1 atom stereocenters. The van der Waals surface area contributed by atoms with Crippen molar-refractivity contribution in [2.24, 2.45) is 11.7 Å². The Bertz CT molecular complexity index is 370. The van der Waals surface area contributed by atoms with Gasteiger partial charge in [-0.05, 0) is 26.2 Å². The number of Topliss-reactive ketones (excluding diaryl/α,β-unsaturated/α-hetero) is 1. The lowest BCUT2D eigenvalue weighted by Crippen LogP contribution is -2.33. The molecule has 0 aliphatic heterocycles. The summed E-state index contributed by atoms with van der Waals surface area (Å²) in [6.45, 7) is 8.14. The fraction of sp³-hybridized carbons (Fsp3) is 0.750. The maximum absolute atomic E-state index is 11.9. The van der Waals surface area contributed by atoms with Gasteiger partial charge < -0.3 is 5.73 Å². The third kappa shape index (κ3) is 3.93. The van der Waals surface area contributed by atoms with Crippen LogP contribution < -0.4 is 5.73 Å². The number of nitrogens with two attached hydrogens (primary N) is 1. The Morgan fingerprint density at radius 2 is 2.06 bits per heavy atom. The molecule has 0 bridgehead atoms. The Morgan fingerprint density at radius 3 is 2.59 bits per heavy atom.